The summed E-state index contributed by atoms with van der Waals surface area (Å²) in [7, 11) is 1.45. The number of benzene rings is 2. The highest BCUT2D eigenvalue weighted by molar-refractivity contribution is 8.26. The Kier molecular flexibility index (Phi) is 6.36. The number of allylic oxidation sites excluding steroid dienone is 1. The topological polar surface area (TPSA) is 78.9 Å². The molecule has 0 spiro atoms. The molecule has 1 saturated heterocycles. The molecule has 0 aromatic heterocycles. The van der Waals surface area contributed by atoms with Crippen LogP contribution < -0.4 is 10.2 Å². The van der Waals surface area contributed by atoms with Gasteiger partial charge in [0, 0.05) is 11.1 Å². The van der Waals surface area contributed by atoms with E-state index < -0.39 is 11.8 Å². The van der Waals surface area contributed by atoms with E-state index in [2.05, 4.69) is 12.0 Å². The first kappa shape index (κ1) is 20.6. The number of phenols is 1. The third-order valence-electron chi connectivity index (χ3n) is 4.10. The summed E-state index contributed by atoms with van der Waals surface area (Å²) in [5, 5.41) is 11.3. The molecule has 0 radical (unpaired) electrons. The van der Waals surface area contributed by atoms with E-state index in [1.165, 1.54) is 7.11 Å². The van der Waals surface area contributed by atoms with E-state index in [0.717, 1.165) is 16.8 Å². The van der Waals surface area contributed by atoms with Crippen LogP contribution in [0.3, 0.4) is 0 Å². The zero-order chi connectivity index (χ0) is 21.0. The van der Waals surface area contributed by atoms with Crippen LogP contribution in [0.25, 0.3) is 6.08 Å². The molecule has 2 N–H and O–H groups in total. The Balaban J connectivity index is 1.85. The van der Waals surface area contributed by atoms with Crippen LogP contribution in [0.1, 0.15) is 21.5 Å². The average Bonchev–Trinajstić information content (AvgIpc) is 2.98. The Morgan fingerprint density at radius 3 is 2.72 bits per heavy atom. The molecule has 6 nitrogen and oxygen atoms in total. The minimum absolute atomic E-state index is 0.0345. The Hall–Kier alpha value is -3.10. The molecular weight excluding hydrogens is 408 g/mol. The van der Waals surface area contributed by atoms with Gasteiger partial charge in [-0.25, -0.2) is 0 Å². The fourth-order valence-electron chi connectivity index (χ4n) is 2.71. The standard InChI is InChI=1S/C21H18N2O4S2/c1-3-7-15-10-13(11-16(27-2)18(15)24)12-17-20(26)23(21(28)29-17)22-19(25)14-8-5-4-6-9-14/h3-6,8-12,24H,1,7H2,2H3,(H,22,25)/b17-12-. The van der Waals surface area contributed by atoms with E-state index >= 15 is 0 Å². The number of thioether (sulfide) groups is 1. The van der Waals surface area contributed by atoms with Crippen LogP contribution >= 0.6 is 24.0 Å². The molecule has 0 aliphatic carbocycles. The van der Waals surface area contributed by atoms with Gasteiger partial charge in [0.25, 0.3) is 11.8 Å². The lowest BCUT2D eigenvalue weighted by Gasteiger charge is -2.15. The number of amides is 2. The van der Waals surface area contributed by atoms with Crippen molar-refractivity contribution in [2.24, 2.45) is 0 Å². The largest absolute Gasteiger partial charge is 0.504 e. The SMILES string of the molecule is C=CCc1cc(/C=C2\SC(=S)N(NC(=O)c3ccccc3)C2=O)cc(OC)c1O. The van der Waals surface area contributed by atoms with Crippen molar-refractivity contribution in [1.82, 2.24) is 10.4 Å². The number of hydrogen-bond acceptors (Lipinski definition) is 6. The van der Waals surface area contributed by atoms with E-state index in [1.54, 1.807) is 54.6 Å². The fourth-order valence-corrected chi connectivity index (χ4v) is 3.89. The summed E-state index contributed by atoms with van der Waals surface area (Å²) >= 11 is 6.33. The third-order valence-corrected chi connectivity index (χ3v) is 5.40. The van der Waals surface area contributed by atoms with E-state index in [0.29, 0.717) is 33.8 Å². The van der Waals surface area contributed by atoms with E-state index in [4.69, 9.17) is 17.0 Å². The Morgan fingerprint density at radius 2 is 2.07 bits per heavy atom. The van der Waals surface area contributed by atoms with Gasteiger partial charge in [-0.2, -0.15) is 5.01 Å². The molecule has 1 fully saturated rings. The number of carbonyl (C=O) groups is 2. The highest BCUT2D eigenvalue weighted by atomic mass is 32.2. The average molecular weight is 427 g/mol. The van der Waals surface area contributed by atoms with Crippen LogP contribution in [-0.4, -0.2) is 33.4 Å². The molecule has 2 aromatic carbocycles. The molecule has 0 saturated carbocycles. The number of carbonyl (C=O) groups excluding carboxylic acids is 2. The van der Waals surface area contributed by atoms with Gasteiger partial charge in [0.05, 0.1) is 12.0 Å². The zero-order valence-corrected chi connectivity index (χ0v) is 17.2. The van der Waals surface area contributed by atoms with Gasteiger partial charge in [0.15, 0.2) is 15.8 Å². The summed E-state index contributed by atoms with van der Waals surface area (Å²) in [6, 6.07) is 11.9. The van der Waals surface area contributed by atoms with Crippen LogP contribution in [0, 0.1) is 0 Å². The first-order chi connectivity index (χ1) is 13.9. The molecule has 0 atom stereocenters. The van der Waals surface area contributed by atoms with Gasteiger partial charge < -0.3 is 9.84 Å². The minimum Gasteiger partial charge on any atom is -0.504 e. The summed E-state index contributed by atoms with van der Waals surface area (Å²) in [6.45, 7) is 3.68. The van der Waals surface area contributed by atoms with Crippen LogP contribution in [0.2, 0.25) is 0 Å². The molecule has 29 heavy (non-hydrogen) atoms. The summed E-state index contributed by atoms with van der Waals surface area (Å²) < 4.78 is 5.43. The van der Waals surface area contributed by atoms with Crippen LogP contribution in [0.4, 0.5) is 0 Å². The van der Waals surface area contributed by atoms with Gasteiger partial charge in [0.1, 0.15) is 0 Å². The van der Waals surface area contributed by atoms with Crippen molar-refractivity contribution in [3.05, 3.63) is 76.7 Å². The highest BCUT2D eigenvalue weighted by Gasteiger charge is 2.33. The summed E-state index contributed by atoms with van der Waals surface area (Å²) in [4.78, 5) is 25.5. The second-order valence-corrected chi connectivity index (χ2v) is 7.72. The molecule has 1 heterocycles. The number of hydrazine groups is 1. The first-order valence-corrected chi connectivity index (χ1v) is 9.81. The number of thiocarbonyl (C=S) groups is 1. The molecule has 2 amide bonds. The van der Waals surface area contributed by atoms with Crippen LogP contribution in [-0.2, 0) is 11.2 Å². The number of nitrogens with one attached hydrogen (secondary N) is 1. The second-order valence-electron chi connectivity index (χ2n) is 6.05. The fraction of sp³-hybridized carbons (Fsp3) is 0.0952. The van der Waals surface area contributed by atoms with Gasteiger partial charge in [-0.1, -0.05) is 36.0 Å². The predicted molar refractivity (Wildman–Crippen MR) is 117 cm³/mol. The van der Waals surface area contributed by atoms with Crippen molar-refractivity contribution in [3.63, 3.8) is 0 Å². The highest BCUT2D eigenvalue weighted by Crippen LogP contribution is 2.36. The van der Waals surface area contributed by atoms with Crippen LogP contribution in [0.15, 0.2) is 60.0 Å². The van der Waals surface area contributed by atoms with Crippen molar-refractivity contribution in [1.29, 1.82) is 0 Å². The molecule has 8 heteroatoms. The van der Waals surface area contributed by atoms with E-state index in [9.17, 15) is 14.7 Å². The number of phenolic OH excluding ortho intramolecular Hbond substituents is 1. The Bertz CT molecular complexity index is 1020. The van der Waals surface area contributed by atoms with Crippen molar-refractivity contribution in [2.75, 3.05) is 7.11 Å². The number of ether oxygens (including phenoxy) is 1. The molecule has 1 aliphatic rings. The van der Waals surface area contributed by atoms with Crippen molar-refractivity contribution >= 4 is 46.2 Å². The quantitative estimate of drug-likeness (QED) is 0.417. The predicted octanol–water partition coefficient (Wildman–Crippen LogP) is 3.68. The molecule has 2 aromatic rings. The molecule has 148 valence electrons. The van der Waals surface area contributed by atoms with Crippen molar-refractivity contribution in [2.45, 2.75) is 6.42 Å². The van der Waals surface area contributed by atoms with Crippen LogP contribution in [0.5, 0.6) is 11.5 Å². The maximum atomic E-state index is 12.8. The molecule has 0 unspecified atom stereocenters. The second kappa shape index (κ2) is 8.93. The Morgan fingerprint density at radius 1 is 1.34 bits per heavy atom. The smallest absolute Gasteiger partial charge is 0.285 e. The lowest BCUT2D eigenvalue weighted by atomic mass is 10.1. The lowest BCUT2D eigenvalue weighted by Crippen LogP contribution is -2.44. The number of aromatic hydroxyl groups is 1. The Labute approximate surface area is 177 Å². The van der Waals surface area contributed by atoms with Gasteiger partial charge >= 0.3 is 0 Å². The number of nitrogens with zero attached hydrogens (tertiary/aromatic N) is 1. The normalized spacial score (nSPS) is 14.9. The maximum Gasteiger partial charge on any atom is 0.285 e. The zero-order valence-electron chi connectivity index (χ0n) is 15.5. The number of hydrogen-bond donors (Lipinski definition) is 2. The minimum atomic E-state index is -0.429. The molecule has 1 aliphatic heterocycles. The maximum absolute atomic E-state index is 12.8. The molecule has 0 bridgehead atoms. The number of rotatable bonds is 6. The molecule has 3 rings (SSSR count). The van der Waals surface area contributed by atoms with Crippen molar-refractivity contribution < 1.29 is 19.4 Å². The van der Waals surface area contributed by atoms with Gasteiger partial charge in [-0.15, -0.1) is 6.58 Å². The lowest BCUT2D eigenvalue weighted by molar-refractivity contribution is -0.123. The summed E-state index contributed by atoms with van der Waals surface area (Å²) in [5.74, 6) is -0.528. The monoisotopic (exact) mass is 426 g/mol. The number of methoxy groups -OCH3 is 1. The van der Waals surface area contributed by atoms with E-state index in [1.807, 2.05) is 0 Å². The first-order valence-electron chi connectivity index (χ1n) is 8.59. The summed E-state index contributed by atoms with van der Waals surface area (Å²) in [6.07, 6.45) is 3.75. The van der Waals surface area contributed by atoms with Gasteiger partial charge in [-0.05, 0) is 54.5 Å². The van der Waals surface area contributed by atoms with Gasteiger partial charge in [0.2, 0.25) is 0 Å². The van der Waals surface area contributed by atoms with Gasteiger partial charge in [-0.3, -0.25) is 15.0 Å². The summed E-state index contributed by atoms with van der Waals surface area (Å²) in [5.41, 5.74) is 4.24. The molecular formula is C21H18N2O4S2. The van der Waals surface area contributed by atoms with E-state index in [-0.39, 0.29) is 10.1 Å². The van der Waals surface area contributed by atoms with Crippen molar-refractivity contribution in [3.8, 4) is 11.5 Å². The third kappa shape index (κ3) is 4.49.